The fourth-order valence-corrected chi connectivity index (χ4v) is 1.14. The number of methoxy groups -OCH3 is 1. The predicted molar refractivity (Wildman–Crippen MR) is 58.2 cm³/mol. The van der Waals surface area contributed by atoms with Crippen LogP contribution in [0.15, 0.2) is 12.2 Å². The molecule has 1 N–H and O–H groups in total. The second-order valence-corrected chi connectivity index (χ2v) is 3.55. The number of hydrogen-bond acceptors (Lipinski definition) is 2. The van der Waals surface area contributed by atoms with Crippen molar-refractivity contribution in [3.63, 3.8) is 0 Å². The summed E-state index contributed by atoms with van der Waals surface area (Å²) in [4.78, 5) is 10.9. The molecule has 0 radical (unpaired) electrons. The van der Waals surface area contributed by atoms with Crippen molar-refractivity contribution in [3.8, 4) is 0 Å². The molecule has 0 aromatic carbocycles. The lowest BCUT2D eigenvalue weighted by molar-refractivity contribution is -0.124. The molecule has 0 saturated heterocycles. The molecule has 0 aromatic heterocycles. The highest BCUT2D eigenvalue weighted by atomic mass is 16.5. The molecular formula is C11H21NO2. The predicted octanol–water partition coefficient (Wildman–Crippen LogP) is 1.89. The van der Waals surface area contributed by atoms with Crippen LogP contribution in [-0.4, -0.2) is 26.2 Å². The van der Waals surface area contributed by atoms with Gasteiger partial charge in [-0.25, -0.2) is 0 Å². The number of carbonyl (C=O) groups excluding carboxylic acids is 1. The van der Waals surface area contributed by atoms with Crippen LogP contribution in [0, 0.1) is 0 Å². The van der Waals surface area contributed by atoms with Crippen LogP contribution in [0.1, 0.15) is 32.6 Å². The zero-order valence-corrected chi connectivity index (χ0v) is 9.27. The van der Waals surface area contributed by atoms with Gasteiger partial charge in [0.2, 0.25) is 5.91 Å². The van der Waals surface area contributed by atoms with Crippen molar-refractivity contribution < 1.29 is 9.53 Å². The second-order valence-electron chi connectivity index (χ2n) is 3.55. The maximum Gasteiger partial charge on any atom is 0.245 e. The van der Waals surface area contributed by atoms with Gasteiger partial charge in [0.15, 0.2) is 0 Å². The zero-order chi connectivity index (χ0) is 10.8. The monoisotopic (exact) mass is 199 g/mol. The number of carbonyl (C=O) groups is 1. The lowest BCUT2D eigenvalue weighted by atomic mass is 10.1. The Morgan fingerprint density at radius 1 is 1.36 bits per heavy atom. The zero-order valence-electron chi connectivity index (χ0n) is 9.27. The first-order valence-electron chi connectivity index (χ1n) is 5.07. The van der Waals surface area contributed by atoms with Crippen molar-refractivity contribution in [2.24, 2.45) is 0 Å². The Kier molecular flexibility index (Phi) is 8.24. The first kappa shape index (κ1) is 13.2. The molecule has 0 aliphatic carbocycles. The Morgan fingerprint density at radius 2 is 2.07 bits per heavy atom. The van der Waals surface area contributed by atoms with Gasteiger partial charge in [-0.05, 0) is 26.2 Å². The average molecular weight is 199 g/mol. The van der Waals surface area contributed by atoms with Crippen molar-refractivity contribution >= 4 is 5.91 Å². The Labute approximate surface area is 86.5 Å². The van der Waals surface area contributed by atoms with Gasteiger partial charge in [0.05, 0.1) is 0 Å². The van der Waals surface area contributed by atoms with E-state index >= 15 is 0 Å². The quantitative estimate of drug-likeness (QED) is 0.479. The molecule has 0 heterocycles. The van der Waals surface area contributed by atoms with Crippen molar-refractivity contribution in [3.05, 3.63) is 12.2 Å². The van der Waals surface area contributed by atoms with Gasteiger partial charge in [-0.1, -0.05) is 12.0 Å². The molecule has 0 aliphatic heterocycles. The third-order valence-electron chi connectivity index (χ3n) is 1.88. The summed E-state index contributed by atoms with van der Waals surface area (Å²) in [6.45, 7) is 6.79. The van der Waals surface area contributed by atoms with Gasteiger partial charge in [0.1, 0.15) is 6.61 Å². The van der Waals surface area contributed by atoms with Gasteiger partial charge in [0, 0.05) is 13.7 Å². The van der Waals surface area contributed by atoms with Gasteiger partial charge in [-0.3, -0.25) is 4.79 Å². The number of nitrogens with one attached hydrogen (secondary N) is 1. The van der Waals surface area contributed by atoms with Gasteiger partial charge < -0.3 is 10.1 Å². The van der Waals surface area contributed by atoms with Crippen LogP contribution in [0.3, 0.4) is 0 Å². The molecule has 0 aliphatic rings. The maximum atomic E-state index is 10.9. The summed E-state index contributed by atoms with van der Waals surface area (Å²) < 4.78 is 4.69. The van der Waals surface area contributed by atoms with Crippen LogP contribution < -0.4 is 5.32 Å². The highest BCUT2D eigenvalue weighted by molar-refractivity contribution is 5.77. The number of amides is 1. The van der Waals surface area contributed by atoms with E-state index in [1.165, 1.54) is 12.7 Å². The molecule has 3 heteroatoms. The summed E-state index contributed by atoms with van der Waals surface area (Å²) in [6.07, 6.45) is 4.42. The second kappa shape index (κ2) is 8.75. The normalized spacial score (nSPS) is 9.86. The van der Waals surface area contributed by atoms with Gasteiger partial charge in [0.25, 0.3) is 0 Å². The molecule has 0 aromatic rings. The van der Waals surface area contributed by atoms with Gasteiger partial charge in [-0.15, -0.1) is 6.58 Å². The molecule has 0 unspecified atom stereocenters. The first-order chi connectivity index (χ1) is 6.66. The van der Waals surface area contributed by atoms with Crippen molar-refractivity contribution in [1.82, 2.24) is 5.32 Å². The van der Waals surface area contributed by atoms with E-state index in [4.69, 9.17) is 0 Å². The minimum Gasteiger partial charge on any atom is -0.375 e. The largest absolute Gasteiger partial charge is 0.375 e. The molecule has 0 bridgehead atoms. The average Bonchev–Trinajstić information content (AvgIpc) is 2.11. The minimum atomic E-state index is -0.0348. The molecule has 0 saturated carbocycles. The van der Waals surface area contributed by atoms with Gasteiger partial charge >= 0.3 is 0 Å². The standard InChI is InChI=1S/C11H21NO2/c1-10(2)7-5-4-6-8-12-11(13)9-14-3/h1,4-9H2,2-3H3,(H,12,13). The highest BCUT2D eigenvalue weighted by Crippen LogP contribution is 2.05. The van der Waals surface area contributed by atoms with E-state index < -0.39 is 0 Å². The molecule has 0 spiro atoms. The number of rotatable bonds is 8. The summed E-state index contributed by atoms with van der Waals surface area (Å²) in [7, 11) is 1.52. The molecular weight excluding hydrogens is 178 g/mol. The van der Waals surface area contributed by atoms with E-state index in [-0.39, 0.29) is 12.5 Å². The number of hydrogen-bond donors (Lipinski definition) is 1. The third-order valence-corrected chi connectivity index (χ3v) is 1.88. The summed E-state index contributed by atoms with van der Waals surface area (Å²) in [5.41, 5.74) is 1.23. The van der Waals surface area contributed by atoms with E-state index in [1.54, 1.807) is 0 Å². The Bertz CT molecular complexity index is 178. The lowest BCUT2D eigenvalue weighted by Crippen LogP contribution is -2.27. The van der Waals surface area contributed by atoms with E-state index in [2.05, 4.69) is 16.6 Å². The van der Waals surface area contributed by atoms with E-state index in [9.17, 15) is 4.79 Å². The SMILES string of the molecule is C=C(C)CCCCCNC(=O)COC. The van der Waals surface area contributed by atoms with E-state index in [0.717, 1.165) is 32.2 Å². The van der Waals surface area contributed by atoms with Gasteiger partial charge in [-0.2, -0.15) is 0 Å². The minimum absolute atomic E-state index is 0.0348. The molecule has 14 heavy (non-hydrogen) atoms. The van der Waals surface area contributed by atoms with Crippen molar-refractivity contribution in [1.29, 1.82) is 0 Å². The summed E-state index contributed by atoms with van der Waals surface area (Å²) in [5.74, 6) is -0.0348. The van der Waals surface area contributed by atoms with Crippen molar-refractivity contribution in [2.45, 2.75) is 32.6 Å². The van der Waals surface area contributed by atoms with Crippen LogP contribution in [0.25, 0.3) is 0 Å². The van der Waals surface area contributed by atoms with Crippen LogP contribution >= 0.6 is 0 Å². The number of unbranched alkanes of at least 4 members (excludes halogenated alkanes) is 2. The summed E-state index contributed by atoms with van der Waals surface area (Å²) in [5, 5.41) is 2.79. The molecule has 3 nitrogen and oxygen atoms in total. The molecule has 0 rings (SSSR count). The number of ether oxygens (including phenoxy) is 1. The summed E-state index contributed by atoms with van der Waals surface area (Å²) >= 11 is 0. The van der Waals surface area contributed by atoms with Crippen LogP contribution in [0.5, 0.6) is 0 Å². The van der Waals surface area contributed by atoms with Crippen LogP contribution in [-0.2, 0) is 9.53 Å². The Balaban J connectivity index is 3.13. The van der Waals surface area contributed by atoms with E-state index in [1.807, 2.05) is 6.92 Å². The fourth-order valence-electron chi connectivity index (χ4n) is 1.14. The third kappa shape index (κ3) is 9.26. The number of allylic oxidation sites excluding steroid dienone is 1. The first-order valence-corrected chi connectivity index (χ1v) is 5.07. The summed E-state index contributed by atoms with van der Waals surface area (Å²) in [6, 6.07) is 0. The van der Waals surface area contributed by atoms with Crippen LogP contribution in [0.2, 0.25) is 0 Å². The Morgan fingerprint density at radius 3 is 2.64 bits per heavy atom. The highest BCUT2D eigenvalue weighted by Gasteiger charge is 1.97. The topological polar surface area (TPSA) is 38.3 Å². The molecule has 0 fully saturated rings. The maximum absolute atomic E-state index is 10.9. The lowest BCUT2D eigenvalue weighted by Gasteiger charge is -2.04. The molecule has 1 amide bonds. The fraction of sp³-hybridized carbons (Fsp3) is 0.727. The molecule has 0 atom stereocenters. The van der Waals surface area contributed by atoms with E-state index in [0.29, 0.717) is 0 Å². The van der Waals surface area contributed by atoms with Crippen LogP contribution in [0.4, 0.5) is 0 Å². The Hall–Kier alpha value is -0.830. The molecule has 82 valence electrons. The smallest absolute Gasteiger partial charge is 0.245 e. The van der Waals surface area contributed by atoms with Crippen molar-refractivity contribution in [2.75, 3.05) is 20.3 Å².